The van der Waals surface area contributed by atoms with Crippen molar-refractivity contribution >= 4 is 5.97 Å². The van der Waals surface area contributed by atoms with Crippen LogP contribution in [0.15, 0.2) is 0 Å². The van der Waals surface area contributed by atoms with Crippen LogP contribution in [0.3, 0.4) is 0 Å². The zero-order valence-electron chi connectivity index (χ0n) is 5.46. The molecule has 0 aliphatic rings. The van der Waals surface area contributed by atoms with E-state index < -0.39 is 12.3 Å². The first-order chi connectivity index (χ1) is 4.22. The summed E-state index contributed by atoms with van der Waals surface area (Å²) in [5.74, 6) is -1.10. The number of methoxy groups -OCH3 is 1. The van der Waals surface area contributed by atoms with Crippen LogP contribution in [0.4, 0.5) is 0 Å². The van der Waals surface area contributed by atoms with Gasteiger partial charge >= 0.3 is 5.97 Å². The molecule has 54 valence electrons. The molecule has 1 unspecified atom stereocenters. The Balaban J connectivity index is 3.54. The molecule has 4 nitrogen and oxygen atoms in total. The van der Waals surface area contributed by atoms with E-state index in [-0.39, 0.29) is 0 Å². The van der Waals surface area contributed by atoms with Crippen LogP contribution in [0.2, 0.25) is 0 Å². The predicted octanol–water partition coefficient (Wildman–Crippen LogP) is 0.0800. The van der Waals surface area contributed by atoms with Gasteiger partial charge in [-0.25, -0.2) is 4.79 Å². The highest BCUT2D eigenvalue weighted by Gasteiger charge is 2.14. The quantitative estimate of drug-likeness (QED) is 0.553. The average molecular weight is 134 g/mol. The smallest absolute Gasteiger partial charge is 0.361 e. The van der Waals surface area contributed by atoms with E-state index in [4.69, 9.17) is 5.11 Å². The Bertz CT molecular complexity index is 91.0. The lowest BCUT2D eigenvalue weighted by Crippen LogP contribution is -2.25. The van der Waals surface area contributed by atoms with Gasteiger partial charge in [0.15, 0.2) is 0 Å². The van der Waals surface area contributed by atoms with Gasteiger partial charge in [-0.1, -0.05) is 0 Å². The Morgan fingerprint density at radius 2 is 2.33 bits per heavy atom. The molecule has 0 heterocycles. The molecular weight excluding hydrogens is 124 g/mol. The summed E-state index contributed by atoms with van der Waals surface area (Å²) in [6.07, 6.45) is -1.12. The van der Waals surface area contributed by atoms with Gasteiger partial charge in [-0.05, 0) is 6.92 Å². The third kappa shape index (κ3) is 3.05. The van der Waals surface area contributed by atoms with E-state index in [9.17, 15) is 4.79 Å². The van der Waals surface area contributed by atoms with Crippen LogP contribution in [0.5, 0.6) is 0 Å². The van der Waals surface area contributed by atoms with Gasteiger partial charge in [0, 0.05) is 13.7 Å². The molecular formula is C5H10O4. The number of hydrogen-bond donors (Lipinski definition) is 1. The van der Waals surface area contributed by atoms with Crippen molar-refractivity contribution in [2.75, 3.05) is 13.7 Å². The summed E-state index contributed by atoms with van der Waals surface area (Å²) in [4.78, 5) is 10.1. The van der Waals surface area contributed by atoms with Crippen LogP contribution in [0.25, 0.3) is 0 Å². The SMILES string of the molecule is CCOC(OC)C(=O)O. The fourth-order valence-electron chi connectivity index (χ4n) is 0.392. The summed E-state index contributed by atoms with van der Waals surface area (Å²) >= 11 is 0. The summed E-state index contributed by atoms with van der Waals surface area (Å²) in [6, 6.07) is 0. The molecule has 9 heavy (non-hydrogen) atoms. The summed E-state index contributed by atoms with van der Waals surface area (Å²) in [5, 5.41) is 8.25. The van der Waals surface area contributed by atoms with E-state index in [1.165, 1.54) is 7.11 Å². The largest absolute Gasteiger partial charge is 0.477 e. The molecule has 0 radical (unpaired) electrons. The van der Waals surface area contributed by atoms with Gasteiger partial charge in [0.05, 0.1) is 0 Å². The fraction of sp³-hybridized carbons (Fsp3) is 0.800. The minimum atomic E-state index is -1.12. The molecule has 0 aliphatic heterocycles. The topological polar surface area (TPSA) is 55.8 Å². The van der Waals surface area contributed by atoms with Crippen LogP contribution in [-0.2, 0) is 14.3 Å². The number of rotatable bonds is 4. The van der Waals surface area contributed by atoms with Gasteiger partial charge in [0.2, 0.25) is 0 Å². The van der Waals surface area contributed by atoms with Gasteiger partial charge in [0.25, 0.3) is 6.29 Å². The van der Waals surface area contributed by atoms with E-state index in [2.05, 4.69) is 9.47 Å². The van der Waals surface area contributed by atoms with Crippen molar-refractivity contribution in [3.8, 4) is 0 Å². The molecule has 0 saturated carbocycles. The maximum absolute atomic E-state index is 10.1. The Hall–Kier alpha value is -0.610. The van der Waals surface area contributed by atoms with Gasteiger partial charge in [-0.3, -0.25) is 0 Å². The lowest BCUT2D eigenvalue weighted by molar-refractivity contribution is -0.181. The van der Waals surface area contributed by atoms with E-state index in [0.717, 1.165) is 0 Å². The average Bonchev–Trinajstić information content (AvgIpc) is 1.82. The molecule has 0 saturated heterocycles. The first-order valence-electron chi connectivity index (χ1n) is 2.59. The first kappa shape index (κ1) is 8.39. The molecule has 0 amide bonds. The summed E-state index contributed by atoms with van der Waals surface area (Å²) in [7, 11) is 1.29. The zero-order valence-corrected chi connectivity index (χ0v) is 5.46. The molecule has 4 heteroatoms. The highest BCUT2D eigenvalue weighted by molar-refractivity contribution is 5.70. The lowest BCUT2D eigenvalue weighted by Gasteiger charge is -2.08. The minimum absolute atomic E-state index is 0.338. The zero-order chi connectivity index (χ0) is 7.28. The normalized spacial score (nSPS) is 13.1. The standard InChI is InChI=1S/C5H10O4/c1-3-9-5(8-2)4(6)7/h5H,3H2,1-2H3,(H,6,7). The van der Waals surface area contributed by atoms with E-state index >= 15 is 0 Å². The highest BCUT2D eigenvalue weighted by Crippen LogP contribution is 1.90. The molecule has 0 bridgehead atoms. The number of carbonyl (C=O) groups is 1. The summed E-state index contributed by atoms with van der Waals surface area (Å²) in [6.45, 7) is 2.04. The number of carboxylic acid groups (broad SMARTS) is 1. The molecule has 1 N–H and O–H groups in total. The predicted molar refractivity (Wildman–Crippen MR) is 30.1 cm³/mol. The molecule has 0 spiro atoms. The monoisotopic (exact) mass is 134 g/mol. The van der Waals surface area contributed by atoms with Crippen molar-refractivity contribution in [2.24, 2.45) is 0 Å². The Kier molecular flexibility index (Phi) is 4.00. The number of aliphatic carboxylic acids is 1. The number of carboxylic acids is 1. The van der Waals surface area contributed by atoms with E-state index in [1.54, 1.807) is 6.92 Å². The fourth-order valence-corrected chi connectivity index (χ4v) is 0.392. The second-order valence-corrected chi connectivity index (χ2v) is 1.36. The van der Waals surface area contributed by atoms with Gasteiger partial charge in [0.1, 0.15) is 0 Å². The van der Waals surface area contributed by atoms with Crippen molar-refractivity contribution in [1.29, 1.82) is 0 Å². The molecule has 0 aromatic carbocycles. The Morgan fingerprint density at radius 1 is 1.78 bits per heavy atom. The van der Waals surface area contributed by atoms with Crippen molar-refractivity contribution in [3.63, 3.8) is 0 Å². The third-order valence-corrected chi connectivity index (χ3v) is 0.734. The van der Waals surface area contributed by atoms with Crippen molar-refractivity contribution in [3.05, 3.63) is 0 Å². The van der Waals surface area contributed by atoms with E-state index in [1.807, 2.05) is 0 Å². The molecule has 0 rings (SSSR count). The van der Waals surface area contributed by atoms with Crippen LogP contribution in [0.1, 0.15) is 6.92 Å². The molecule has 0 aromatic rings. The van der Waals surface area contributed by atoms with Gasteiger partial charge in [-0.2, -0.15) is 0 Å². The van der Waals surface area contributed by atoms with E-state index in [0.29, 0.717) is 6.61 Å². The van der Waals surface area contributed by atoms with Crippen LogP contribution in [0, 0.1) is 0 Å². The first-order valence-corrected chi connectivity index (χ1v) is 2.59. The van der Waals surface area contributed by atoms with Crippen LogP contribution in [-0.4, -0.2) is 31.1 Å². The summed E-state index contributed by atoms with van der Waals surface area (Å²) in [5.41, 5.74) is 0. The van der Waals surface area contributed by atoms with Crippen molar-refractivity contribution < 1.29 is 19.4 Å². The maximum atomic E-state index is 10.1. The van der Waals surface area contributed by atoms with Crippen LogP contribution < -0.4 is 0 Å². The molecule has 0 aliphatic carbocycles. The van der Waals surface area contributed by atoms with Gasteiger partial charge in [-0.15, -0.1) is 0 Å². The second-order valence-electron chi connectivity index (χ2n) is 1.36. The maximum Gasteiger partial charge on any atom is 0.361 e. The minimum Gasteiger partial charge on any atom is -0.477 e. The Labute approximate surface area is 53.4 Å². The number of ether oxygens (including phenoxy) is 2. The summed E-state index contributed by atoms with van der Waals surface area (Å²) < 4.78 is 9.06. The van der Waals surface area contributed by atoms with Crippen molar-refractivity contribution in [2.45, 2.75) is 13.2 Å². The Morgan fingerprint density at radius 3 is 2.44 bits per heavy atom. The molecule has 0 aromatic heterocycles. The molecule has 0 fully saturated rings. The van der Waals surface area contributed by atoms with Crippen LogP contribution >= 0.6 is 0 Å². The van der Waals surface area contributed by atoms with Gasteiger partial charge < -0.3 is 14.6 Å². The highest BCUT2D eigenvalue weighted by atomic mass is 16.7. The number of hydrogen-bond acceptors (Lipinski definition) is 3. The lowest BCUT2D eigenvalue weighted by atomic mass is 10.6. The second kappa shape index (κ2) is 4.29. The van der Waals surface area contributed by atoms with Crippen molar-refractivity contribution in [1.82, 2.24) is 0 Å². The molecule has 1 atom stereocenters. The third-order valence-electron chi connectivity index (χ3n) is 0.734.